The summed E-state index contributed by atoms with van der Waals surface area (Å²) in [5.41, 5.74) is 4.72. The van der Waals surface area contributed by atoms with E-state index >= 15 is 0 Å². The lowest BCUT2D eigenvalue weighted by Gasteiger charge is -2.47. The maximum Gasteiger partial charge on any atom is 0.335 e. The molecule has 0 aliphatic carbocycles. The van der Waals surface area contributed by atoms with Crippen molar-refractivity contribution in [3.05, 3.63) is 64.7 Å². The van der Waals surface area contributed by atoms with Gasteiger partial charge in [-0.1, -0.05) is 32.0 Å². The third kappa shape index (κ3) is 4.06. The van der Waals surface area contributed by atoms with Gasteiger partial charge in [0.25, 0.3) is 11.8 Å². The first kappa shape index (κ1) is 22.8. The molecule has 1 unspecified atom stereocenters. The number of barbiturate groups is 1. The molecule has 2 aromatic carbocycles. The second kappa shape index (κ2) is 8.50. The van der Waals surface area contributed by atoms with E-state index in [0.717, 1.165) is 35.4 Å². The highest BCUT2D eigenvalue weighted by Gasteiger charge is 2.38. The molecule has 2 heterocycles. The van der Waals surface area contributed by atoms with Crippen molar-refractivity contribution in [3.8, 4) is 0 Å². The largest absolute Gasteiger partial charge is 0.366 e. The van der Waals surface area contributed by atoms with Gasteiger partial charge in [0.1, 0.15) is 5.57 Å². The average molecular weight is 446 g/mol. The van der Waals surface area contributed by atoms with Crippen LogP contribution in [-0.4, -0.2) is 29.9 Å². The number of amides is 4. The molecule has 1 fully saturated rings. The van der Waals surface area contributed by atoms with E-state index in [-0.39, 0.29) is 11.1 Å². The minimum Gasteiger partial charge on any atom is -0.366 e. The Morgan fingerprint density at radius 3 is 2.39 bits per heavy atom. The van der Waals surface area contributed by atoms with Crippen LogP contribution in [0.3, 0.4) is 0 Å². The predicted octanol–water partition coefficient (Wildman–Crippen LogP) is 5.03. The van der Waals surface area contributed by atoms with Gasteiger partial charge in [0.2, 0.25) is 0 Å². The van der Waals surface area contributed by atoms with E-state index in [9.17, 15) is 14.4 Å². The van der Waals surface area contributed by atoms with Crippen LogP contribution in [0.2, 0.25) is 0 Å². The second-order valence-electron chi connectivity index (χ2n) is 9.46. The molecule has 1 atom stereocenters. The molecule has 2 aliphatic rings. The number of carbonyl (C=O) groups is 3. The van der Waals surface area contributed by atoms with E-state index < -0.39 is 17.8 Å². The molecule has 4 amide bonds. The number of nitrogens with zero attached hydrogens (tertiary/aromatic N) is 2. The zero-order valence-electron chi connectivity index (χ0n) is 19.9. The third-order valence-corrected chi connectivity index (χ3v) is 6.74. The Hall–Kier alpha value is -3.41. The fourth-order valence-corrected chi connectivity index (χ4v) is 5.14. The van der Waals surface area contributed by atoms with Gasteiger partial charge >= 0.3 is 6.03 Å². The quantitative estimate of drug-likeness (QED) is 0.530. The van der Waals surface area contributed by atoms with Crippen molar-refractivity contribution in [2.45, 2.75) is 58.9 Å². The van der Waals surface area contributed by atoms with Crippen LogP contribution in [0, 0.1) is 0 Å². The molecule has 0 bridgehead atoms. The van der Waals surface area contributed by atoms with E-state index in [4.69, 9.17) is 0 Å². The van der Waals surface area contributed by atoms with Crippen molar-refractivity contribution in [2.24, 2.45) is 0 Å². The van der Waals surface area contributed by atoms with Crippen LogP contribution in [0.5, 0.6) is 0 Å². The number of imide groups is 2. The standard InChI is InChI=1S/C27H31N3O3/c1-6-18-8-11-20(12-9-18)30-25(32)22(24(31)28-26(30)33)15-19-10-13-23-21(14-19)17(3)16-27(4,5)29(23)7-2/h8-15,17H,6-7,16H2,1-5H3,(H,28,31,33)/b22-15-. The first-order valence-corrected chi connectivity index (χ1v) is 11.6. The molecule has 1 saturated heterocycles. The Kier molecular flexibility index (Phi) is 5.87. The fraction of sp³-hybridized carbons (Fsp3) is 0.370. The number of carbonyl (C=O) groups excluding carboxylic acids is 3. The van der Waals surface area contributed by atoms with Crippen molar-refractivity contribution >= 4 is 35.3 Å². The maximum atomic E-state index is 13.2. The number of nitrogens with one attached hydrogen (secondary N) is 1. The van der Waals surface area contributed by atoms with Gasteiger partial charge < -0.3 is 4.90 Å². The zero-order valence-corrected chi connectivity index (χ0v) is 19.9. The van der Waals surface area contributed by atoms with E-state index in [1.807, 2.05) is 25.1 Å². The predicted molar refractivity (Wildman–Crippen MR) is 131 cm³/mol. The Balaban J connectivity index is 1.70. The molecule has 4 rings (SSSR count). The van der Waals surface area contributed by atoms with Crippen LogP contribution in [0.4, 0.5) is 16.2 Å². The minimum atomic E-state index is -0.730. The summed E-state index contributed by atoms with van der Waals surface area (Å²) < 4.78 is 0. The Morgan fingerprint density at radius 1 is 1.06 bits per heavy atom. The van der Waals surface area contributed by atoms with E-state index in [0.29, 0.717) is 11.6 Å². The van der Waals surface area contributed by atoms with Crippen LogP contribution in [0.15, 0.2) is 48.0 Å². The van der Waals surface area contributed by atoms with Crippen LogP contribution >= 0.6 is 0 Å². The fourth-order valence-electron chi connectivity index (χ4n) is 5.14. The highest BCUT2D eigenvalue weighted by Crippen LogP contribution is 2.43. The molecule has 1 N–H and O–H groups in total. The normalized spacial score (nSPS) is 21.3. The van der Waals surface area contributed by atoms with Crippen LogP contribution in [-0.2, 0) is 16.0 Å². The molecule has 6 nitrogen and oxygen atoms in total. The van der Waals surface area contributed by atoms with Crippen molar-refractivity contribution in [2.75, 3.05) is 16.3 Å². The summed E-state index contributed by atoms with van der Waals surface area (Å²) in [5, 5.41) is 2.31. The number of urea groups is 1. The third-order valence-electron chi connectivity index (χ3n) is 6.74. The first-order valence-electron chi connectivity index (χ1n) is 11.6. The summed E-state index contributed by atoms with van der Waals surface area (Å²) in [5.74, 6) is -0.939. The van der Waals surface area contributed by atoms with Crippen molar-refractivity contribution in [3.63, 3.8) is 0 Å². The van der Waals surface area contributed by atoms with Gasteiger partial charge in [0.05, 0.1) is 5.69 Å². The molecule has 0 spiro atoms. The monoisotopic (exact) mass is 445 g/mol. The number of benzene rings is 2. The smallest absolute Gasteiger partial charge is 0.335 e. The van der Waals surface area contributed by atoms with E-state index in [1.54, 1.807) is 18.2 Å². The van der Waals surface area contributed by atoms with Crippen molar-refractivity contribution < 1.29 is 14.4 Å². The molecule has 172 valence electrons. The van der Waals surface area contributed by atoms with Gasteiger partial charge in [0.15, 0.2) is 0 Å². The van der Waals surface area contributed by atoms with Gasteiger partial charge in [-0.3, -0.25) is 14.9 Å². The lowest BCUT2D eigenvalue weighted by atomic mass is 9.79. The Bertz CT molecular complexity index is 1150. The summed E-state index contributed by atoms with van der Waals surface area (Å²) in [4.78, 5) is 41.7. The highest BCUT2D eigenvalue weighted by atomic mass is 16.2. The van der Waals surface area contributed by atoms with Crippen molar-refractivity contribution in [1.29, 1.82) is 0 Å². The SMILES string of the molecule is CCc1ccc(N2C(=O)NC(=O)/C(=C/c3ccc4c(c3)C(C)CC(C)(C)N4CC)C2=O)cc1. The molecule has 6 heteroatoms. The second-order valence-corrected chi connectivity index (χ2v) is 9.46. The molecule has 2 aliphatic heterocycles. The summed E-state index contributed by atoms with van der Waals surface area (Å²) in [6.07, 6.45) is 3.46. The number of hydrogen-bond donors (Lipinski definition) is 1. The van der Waals surface area contributed by atoms with Gasteiger partial charge in [-0.15, -0.1) is 0 Å². The molecule has 33 heavy (non-hydrogen) atoms. The van der Waals surface area contributed by atoms with Crippen LogP contribution in [0.25, 0.3) is 6.08 Å². The van der Waals surface area contributed by atoms with Gasteiger partial charge in [0, 0.05) is 17.8 Å². The van der Waals surface area contributed by atoms with Gasteiger partial charge in [-0.25, -0.2) is 9.69 Å². The lowest BCUT2D eigenvalue weighted by molar-refractivity contribution is -0.122. The maximum absolute atomic E-state index is 13.2. The van der Waals surface area contributed by atoms with E-state index in [2.05, 4.69) is 50.0 Å². The Morgan fingerprint density at radius 2 is 1.76 bits per heavy atom. The molecule has 0 radical (unpaired) electrons. The topological polar surface area (TPSA) is 69.7 Å². The Labute approximate surface area is 195 Å². The molecule has 0 saturated carbocycles. The number of anilines is 2. The zero-order chi connectivity index (χ0) is 23.9. The molecule has 2 aromatic rings. The molecular weight excluding hydrogens is 414 g/mol. The summed E-state index contributed by atoms with van der Waals surface area (Å²) in [6, 6.07) is 12.5. The molecular formula is C27H31N3O3. The van der Waals surface area contributed by atoms with Gasteiger partial charge in [-0.2, -0.15) is 0 Å². The summed E-state index contributed by atoms with van der Waals surface area (Å²) in [6.45, 7) is 11.8. The average Bonchev–Trinajstić information content (AvgIpc) is 2.77. The lowest BCUT2D eigenvalue weighted by Crippen LogP contribution is -2.54. The van der Waals surface area contributed by atoms with Crippen LogP contribution < -0.4 is 15.1 Å². The van der Waals surface area contributed by atoms with Crippen LogP contribution in [0.1, 0.15) is 63.6 Å². The number of hydrogen-bond acceptors (Lipinski definition) is 4. The summed E-state index contributed by atoms with van der Waals surface area (Å²) in [7, 11) is 0. The number of rotatable bonds is 4. The highest BCUT2D eigenvalue weighted by molar-refractivity contribution is 6.39. The van der Waals surface area contributed by atoms with Crippen molar-refractivity contribution in [1.82, 2.24) is 5.32 Å². The first-order chi connectivity index (χ1) is 15.7. The number of aryl methyl sites for hydroxylation is 1. The summed E-state index contributed by atoms with van der Waals surface area (Å²) >= 11 is 0. The minimum absolute atomic E-state index is 0.0507. The molecule has 0 aromatic heterocycles. The number of fused-ring (bicyclic) bond motifs is 1. The van der Waals surface area contributed by atoms with E-state index in [1.165, 1.54) is 11.3 Å². The van der Waals surface area contributed by atoms with Gasteiger partial charge in [-0.05, 0) is 86.6 Å².